The third-order valence-electron chi connectivity index (χ3n) is 3.48. The standard InChI is InChI=1S/C16H11Cl2N3S/c17-11-1-3-14-10(5-11)6-16(20-14)22-9-13-8-21-7-12(18)2-4-15(21)19-13/h1-5,7-8H,6,9H2. The third-order valence-corrected chi connectivity index (χ3v) is 4.95. The summed E-state index contributed by atoms with van der Waals surface area (Å²) < 4.78 is 1.95. The first-order valence-electron chi connectivity index (χ1n) is 6.79. The molecule has 22 heavy (non-hydrogen) atoms. The zero-order valence-corrected chi connectivity index (χ0v) is 13.8. The van der Waals surface area contributed by atoms with Gasteiger partial charge in [-0.2, -0.15) is 0 Å². The van der Waals surface area contributed by atoms with Crippen LogP contribution in [0.1, 0.15) is 11.3 Å². The molecule has 0 atom stereocenters. The van der Waals surface area contributed by atoms with Crippen molar-refractivity contribution in [2.45, 2.75) is 12.2 Å². The first kappa shape index (κ1) is 14.1. The van der Waals surface area contributed by atoms with E-state index in [1.807, 2.05) is 47.1 Å². The Bertz CT molecular complexity index is 902. The summed E-state index contributed by atoms with van der Waals surface area (Å²) >= 11 is 13.7. The summed E-state index contributed by atoms with van der Waals surface area (Å²) in [6.07, 6.45) is 4.72. The van der Waals surface area contributed by atoms with E-state index >= 15 is 0 Å². The van der Waals surface area contributed by atoms with Gasteiger partial charge in [-0.25, -0.2) is 9.98 Å². The van der Waals surface area contributed by atoms with Crippen LogP contribution >= 0.6 is 35.0 Å². The number of hydrogen-bond acceptors (Lipinski definition) is 3. The number of pyridine rings is 1. The van der Waals surface area contributed by atoms with Crippen LogP contribution in [0.15, 0.2) is 47.7 Å². The molecule has 3 aromatic rings. The highest BCUT2D eigenvalue weighted by atomic mass is 35.5. The van der Waals surface area contributed by atoms with E-state index in [1.165, 1.54) is 5.56 Å². The number of fused-ring (bicyclic) bond motifs is 2. The lowest BCUT2D eigenvalue weighted by Crippen LogP contribution is -1.93. The van der Waals surface area contributed by atoms with Gasteiger partial charge < -0.3 is 4.40 Å². The van der Waals surface area contributed by atoms with Gasteiger partial charge in [0, 0.05) is 29.6 Å². The second-order valence-corrected chi connectivity index (χ2v) is 7.01. The largest absolute Gasteiger partial charge is 0.305 e. The smallest absolute Gasteiger partial charge is 0.137 e. The molecule has 3 heterocycles. The normalized spacial score (nSPS) is 13.5. The van der Waals surface area contributed by atoms with Crippen molar-refractivity contribution in [2.24, 2.45) is 4.99 Å². The van der Waals surface area contributed by atoms with Crippen molar-refractivity contribution in [3.63, 3.8) is 0 Å². The molecule has 0 N–H and O–H groups in total. The highest BCUT2D eigenvalue weighted by Crippen LogP contribution is 2.33. The number of aliphatic imine (C=N–C) groups is 1. The van der Waals surface area contributed by atoms with Crippen molar-refractivity contribution in [3.05, 3.63) is 64.0 Å². The van der Waals surface area contributed by atoms with E-state index in [2.05, 4.69) is 9.98 Å². The molecule has 1 aliphatic rings. The molecule has 0 spiro atoms. The molecule has 1 aromatic carbocycles. The van der Waals surface area contributed by atoms with Crippen molar-refractivity contribution in [2.75, 3.05) is 0 Å². The van der Waals surface area contributed by atoms with Gasteiger partial charge in [0.2, 0.25) is 0 Å². The number of rotatable bonds is 2. The Morgan fingerprint density at radius 3 is 2.86 bits per heavy atom. The van der Waals surface area contributed by atoms with Crippen LogP contribution in [0.3, 0.4) is 0 Å². The number of hydrogen-bond donors (Lipinski definition) is 0. The fraction of sp³-hybridized carbons (Fsp3) is 0.125. The van der Waals surface area contributed by atoms with Crippen LogP contribution in [0.5, 0.6) is 0 Å². The van der Waals surface area contributed by atoms with E-state index in [4.69, 9.17) is 23.2 Å². The summed E-state index contributed by atoms with van der Waals surface area (Å²) in [4.78, 5) is 9.23. The van der Waals surface area contributed by atoms with Crippen molar-refractivity contribution in [1.29, 1.82) is 0 Å². The van der Waals surface area contributed by atoms with Gasteiger partial charge in [-0.1, -0.05) is 23.2 Å². The molecule has 4 rings (SSSR count). The fourth-order valence-corrected chi connectivity index (χ4v) is 3.71. The second-order valence-electron chi connectivity index (χ2n) is 5.09. The highest BCUT2D eigenvalue weighted by Gasteiger charge is 2.15. The summed E-state index contributed by atoms with van der Waals surface area (Å²) in [5.74, 6) is 0.792. The predicted molar refractivity (Wildman–Crippen MR) is 93.7 cm³/mol. The van der Waals surface area contributed by atoms with Gasteiger partial charge in [-0.05, 0) is 35.9 Å². The van der Waals surface area contributed by atoms with Gasteiger partial charge in [-0.3, -0.25) is 0 Å². The van der Waals surface area contributed by atoms with Crippen LogP contribution in [0.25, 0.3) is 5.65 Å². The lowest BCUT2D eigenvalue weighted by Gasteiger charge is -1.97. The van der Waals surface area contributed by atoms with Crippen molar-refractivity contribution < 1.29 is 0 Å². The first-order chi connectivity index (χ1) is 10.7. The van der Waals surface area contributed by atoms with E-state index < -0.39 is 0 Å². The van der Waals surface area contributed by atoms with Gasteiger partial charge in [0.1, 0.15) is 5.65 Å². The van der Waals surface area contributed by atoms with E-state index in [1.54, 1.807) is 11.8 Å². The molecule has 0 fully saturated rings. The molecular formula is C16H11Cl2N3S. The second kappa shape index (κ2) is 5.61. The molecule has 0 bridgehead atoms. The Kier molecular flexibility index (Phi) is 3.60. The molecular weight excluding hydrogens is 337 g/mol. The van der Waals surface area contributed by atoms with Crippen LogP contribution in [-0.4, -0.2) is 14.4 Å². The predicted octanol–water partition coefficient (Wildman–Crippen LogP) is 5.16. The Hall–Kier alpha value is -1.49. The summed E-state index contributed by atoms with van der Waals surface area (Å²) in [5.41, 5.74) is 4.14. The molecule has 0 radical (unpaired) electrons. The summed E-state index contributed by atoms with van der Waals surface area (Å²) in [7, 11) is 0. The maximum Gasteiger partial charge on any atom is 0.137 e. The first-order valence-corrected chi connectivity index (χ1v) is 8.53. The maximum atomic E-state index is 6.02. The van der Waals surface area contributed by atoms with Crippen molar-refractivity contribution in [1.82, 2.24) is 9.38 Å². The Balaban J connectivity index is 1.49. The molecule has 0 aliphatic carbocycles. The summed E-state index contributed by atoms with van der Waals surface area (Å²) in [5, 5.41) is 2.57. The van der Waals surface area contributed by atoms with Crippen LogP contribution < -0.4 is 0 Å². The fourth-order valence-electron chi connectivity index (χ4n) is 2.47. The van der Waals surface area contributed by atoms with E-state index in [0.717, 1.165) is 39.3 Å². The van der Waals surface area contributed by atoms with E-state index in [-0.39, 0.29) is 0 Å². The average molecular weight is 348 g/mol. The molecule has 3 nitrogen and oxygen atoms in total. The molecule has 0 amide bonds. The van der Waals surface area contributed by atoms with Crippen LogP contribution in [0.2, 0.25) is 10.0 Å². The number of halogens is 2. The third kappa shape index (κ3) is 2.74. The van der Waals surface area contributed by atoms with Gasteiger partial charge >= 0.3 is 0 Å². The highest BCUT2D eigenvalue weighted by molar-refractivity contribution is 8.13. The zero-order valence-electron chi connectivity index (χ0n) is 11.5. The van der Waals surface area contributed by atoms with Gasteiger partial charge in [0.05, 0.1) is 21.4 Å². The molecule has 0 saturated carbocycles. The topological polar surface area (TPSA) is 29.7 Å². The lowest BCUT2D eigenvalue weighted by molar-refractivity contribution is 1.18. The van der Waals surface area contributed by atoms with Crippen molar-refractivity contribution >= 4 is 51.3 Å². The van der Waals surface area contributed by atoms with Gasteiger partial charge in [-0.15, -0.1) is 11.8 Å². The maximum absolute atomic E-state index is 6.02. The summed E-state index contributed by atoms with van der Waals surface area (Å²) in [6, 6.07) is 9.60. The Morgan fingerprint density at radius 2 is 1.95 bits per heavy atom. The number of thioether (sulfide) groups is 1. The quantitative estimate of drug-likeness (QED) is 0.640. The number of aromatic nitrogens is 2. The Morgan fingerprint density at radius 1 is 1.09 bits per heavy atom. The van der Waals surface area contributed by atoms with E-state index in [9.17, 15) is 0 Å². The minimum atomic E-state index is 0.705. The molecule has 2 aromatic heterocycles. The number of nitrogens with zero attached hydrogens (tertiary/aromatic N) is 3. The van der Waals surface area contributed by atoms with Crippen LogP contribution in [0, 0.1) is 0 Å². The molecule has 0 unspecified atom stereocenters. The van der Waals surface area contributed by atoms with Gasteiger partial charge in [0.15, 0.2) is 0 Å². The zero-order chi connectivity index (χ0) is 15.1. The number of benzene rings is 1. The van der Waals surface area contributed by atoms with Crippen molar-refractivity contribution in [3.8, 4) is 0 Å². The molecule has 110 valence electrons. The Labute approximate surface area is 142 Å². The minimum Gasteiger partial charge on any atom is -0.305 e. The lowest BCUT2D eigenvalue weighted by atomic mass is 10.2. The molecule has 1 aliphatic heterocycles. The van der Waals surface area contributed by atoms with Crippen LogP contribution in [-0.2, 0) is 12.2 Å². The van der Waals surface area contributed by atoms with Crippen LogP contribution in [0.4, 0.5) is 5.69 Å². The monoisotopic (exact) mass is 347 g/mol. The molecule has 0 saturated heterocycles. The average Bonchev–Trinajstić information content (AvgIpc) is 3.07. The SMILES string of the molecule is Clc1ccc2c(c1)CC(SCc1cn3cc(Cl)ccc3n1)=N2. The van der Waals surface area contributed by atoms with Gasteiger partial charge in [0.25, 0.3) is 0 Å². The number of imidazole rings is 1. The molecule has 6 heteroatoms. The summed E-state index contributed by atoms with van der Waals surface area (Å²) in [6.45, 7) is 0. The minimum absolute atomic E-state index is 0.705. The van der Waals surface area contributed by atoms with E-state index in [0.29, 0.717) is 5.02 Å².